The van der Waals surface area contributed by atoms with E-state index >= 15 is 0 Å². The summed E-state index contributed by atoms with van der Waals surface area (Å²) in [6, 6.07) is 12.6. The highest BCUT2D eigenvalue weighted by molar-refractivity contribution is 5.90. The molecule has 0 unspecified atom stereocenters. The summed E-state index contributed by atoms with van der Waals surface area (Å²) in [5.41, 5.74) is 5.60. The zero-order valence-electron chi connectivity index (χ0n) is 15.1. The molecule has 0 saturated carbocycles. The normalized spacial score (nSPS) is 11.2. The number of pyridine rings is 1. The molecule has 0 spiro atoms. The average molecular weight is 335 g/mol. The van der Waals surface area contributed by atoms with Crippen molar-refractivity contribution in [3.8, 4) is 11.4 Å². The van der Waals surface area contributed by atoms with Gasteiger partial charge in [-0.25, -0.2) is 0 Å². The van der Waals surface area contributed by atoms with Crippen molar-refractivity contribution in [2.75, 3.05) is 0 Å². The lowest BCUT2D eigenvalue weighted by atomic mass is 10.0. The van der Waals surface area contributed by atoms with E-state index in [2.05, 4.69) is 40.4 Å². The van der Waals surface area contributed by atoms with Crippen LogP contribution in [0.4, 0.5) is 0 Å². The van der Waals surface area contributed by atoms with Crippen LogP contribution in [0.25, 0.3) is 22.3 Å². The Bertz CT molecular complexity index is 865. The van der Waals surface area contributed by atoms with Gasteiger partial charge in [-0.05, 0) is 63.4 Å². The van der Waals surface area contributed by atoms with Crippen LogP contribution in [-0.2, 0) is 11.2 Å². The van der Waals surface area contributed by atoms with Gasteiger partial charge in [0.25, 0.3) is 0 Å². The SMILES string of the molecule is Cc1ccc2[nH]c(-c3ccccn3)c(CCCC(=O)NC(C)C)c2c1. The molecular weight excluding hydrogens is 310 g/mol. The molecule has 2 N–H and O–H groups in total. The van der Waals surface area contributed by atoms with Crippen LogP contribution in [-0.4, -0.2) is 21.9 Å². The van der Waals surface area contributed by atoms with Gasteiger partial charge in [0, 0.05) is 29.6 Å². The molecule has 0 fully saturated rings. The maximum atomic E-state index is 11.9. The van der Waals surface area contributed by atoms with Crippen molar-refractivity contribution in [3.05, 3.63) is 53.7 Å². The number of nitrogens with zero attached hydrogens (tertiary/aromatic N) is 1. The minimum Gasteiger partial charge on any atom is -0.354 e. The summed E-state index contributed by atoms with van der Waals surface area (Å²) in [5, 5.41) is 4.18. The molecule has 1 aromatic carbocycles. The number of aryl methyl sites for hydroxylation is 2. The summed E-state index contributed by atoms with van der Waals surface area (Å²) in [6.45, 7) is 6.08. The van der Waals surface area contributed by atoms with Crippen LogP contribution in [0.2, 0.25) is 0 Å². The minimum atomic E-state index is 0.116. The Kier molecular flexibility index (Phi) is 5.17. The molecule has 130 valence electrons. The van der Waals surface area contributed by atoms with Crippen molar-refractivity contribution in [1.29, 1.82) is 0 Å². The molecule has 3 rings (SSSR count). The summed E-state index contributed by atoms with van der Waals surface area (Å²) in [4.78, 5) is 19.9. The number of hydrogen-bond donors (Lipinski definition) is 2. The fourth-order valence-electron chi connectivity index (χ4n) is 3.17. The van der Waals surface area contributed by atoms with Crippen LogP contribution in [0, 0.1) is 6.92 Å². The number of fused-ring (bicyclic) bond motifs is 1. The molecule has 0 aliphatic heterocycles. The Morgan fingerprint density at radius 1 is 1.24 bits per heavy atom. The molecule has 0 saturated heterocycles. The van der Waals surface area contributed by atoms with E-state index in [4.69, 9.17) is 0 Å². The van der Waals surface area contributed by atoms with Gasteiger partial charge in [0.1, 0.15) is 0 Å². The highest BCUT2D eigenvalue weighted by Gasteiger charge is 2.14. The van der Waals surface area contributed by atoms with Gasteiger partial charge in [-0.15, -0.1) is 0 Å². The van der Waals surface area contributed by atoms with Gasteiger partial charge >= 0.3 is 0 Å². The summed E-state index contributed by atoms with van der Waals surface area (Å²) in [6.07, 6.45) is 4.02. The van der Waals surface area contributed by atoms with E-state index in [1.165, 1.54) is 16.5 Å². The second-order valence-electron chi connectivity index (χ2n) is 6.82. The summed E-state index contributed by atoms with van der Waals surface area (Å²) in [7, 11) is 0. The molecule has 0 atom stereocenters. The second-order valence-corrected chi connectivity index (χ2v) is 6.82. The van der Waals surface area contributed by atoms with Crippen molar-refractivity contribution < 1.29 is 4.79 Å². The molecule has 0 aliphatic rings. The molecule has 2 heterocycles. The Morgan fingerprint density at radius 3 is 2.80 bits per heavy atom. The van der Waals surface area contributed by atoms with Gasteiger partial charge in [-0.1, -0.05) is 17.7 Å². The van der Waals surface area contributed by atoms with Crippen molar-refractivity contribution >= 4 is 16.8 Å². The van der Waals surface area contributed by atoms with Crippen molar-refractivity contribution in [3.63, 3.8) is 0 Å². The number of H-pyrrole nitrogens is 1. The van der Waals surface area contributed by atoms with E-state index in [0.29, 0.717) is 6.42 Å². The van der Waals surface area contributed by atoms with Crippen LogP contribution in [0.15, 0.2) is 42.6 Å². The Hall–Kier alpha value is -2.62. The van der Waals surface area contributed by atoms with Crippen molar-refractivity contribution in [1.82, 2.24) is 15.3 Å². The molecule has 4 heteroatoms. The lowest BCUT2D eigenvalue weighted by molar-refractivity contribution is -0.121. The smallest absolute Gasteiger partial charge is 0.220 e. The van der Waals surface area contributed by atoms with Crippen LogP contribution in [0.5, 0.6) is 0 Å². The quantitative estimate of drug-likeness (QED) is 0.702. The largest absolute Gasteiger partial charge is 0.354 e. The number of rotatable bonds is 6. The van der Waals surface area contributed by atoms with E-state index in [1.54, 1.807) is 0 Å². The predicted octanol–water partition coefficient (Wildman–Crippen LogP) is 4.39. The number of aromatic nitrogens is 2. The Balaban J connectivity index is 1.89. The molecule has 0 bridgehead atoms. The first-order chi connectivity index (χ1) is 12.0. The number of aromatic amines is 1. The van der Waals surface area contributed by atoms with Gasteiger partial charge < -0.3 is 10.3 Å². The monoisotopic (exact) mass is 335 g/mol. The third-order valence-corrected chi connectivity index (χ3v) is 4.26. The number of carbonyl (C=O) groups excluding carboxylic acids is 1. The first-order valence-electron chi connectivity index (χ1n) is 8.86. The molecular formula is C21H25N3O. The molecule has 25 heavy (non-hydrogen) atoms. The molecule has 0 aliphatic carbocycles. The molecule has 1 amide bonds. The third-order valence-electron chi connectivity index (χ3n) is 4.26. The molecule has 0 radical (unpaired) electrons. The fourth-order valence-corrected chi connectivity index (χ4v) is 3.17. The van der Waals surface area contributed by atoms with Gasteiger partial charge in [-0.3, -0.25) is 9.78 Å². The molecule has 4 nitrogen and oxygen atoms in total. The zero-order valence-corrected chi connectivity index (χ0v) is 15.1. The third kappa shape index (κ3) is 4.08. The Labute approximate surface area is 148 Å². The van der Waals surface area contributed by atoms with E-state index in [0.717, 1.165) is 29.7 Å². The highest BCUT2D eigenvalue weighted by atomic mass is 16.1. The molecule has 2 aromatic heterocycles. The lowest BCUT2D eigenvalue weighted by Gasteiger charge is -2.08. The number of carbonyl (C=O) groups is 1. The maximum Gasteiger partial charge on any atom is 0.220 e. The standard InChI is InChI=1S/C21H25N3O/c1-14(2)23-20(25)9-6-7-16-17-13-15(3)10-11-18(17)24-21(16)19-8-4-5-12-22-19/h4-5,8,10-14,24H,6-7,9H2,1-3H3,(H,23,25). The topological polar surface area (TPSA) is 57.8 Å². The van der Waals surface area contributed by atoms with E-state index in [1.807, 2.05) is 38.2 Å². The highest BCUT2D eigenvalue weighted by Crippen LogP contribution is 2.31. The van der Waals surface area contributed by atoms with Crippen LogP contribution >= 0.6 is 0 Å². The summed E-state index contributed by atoms with van der Waals surface area (Å²) >= 11 is 0. The van der Waals surface area contributed by atoms with Gasteiger partial charge in [-0.2, -0.15) is 0 Å². The van der Waals surface area contributed by atoms with Gasteiger partial charge in [0.2, 0.25) is 5.91 Å². The first kappa shape index (κ1) is 17.2. The van der Waals surface area contributed by atoms with Crippen LogP contribution in [0.3, 0.4) is 0 Å². The first-order valence-corrected chi connectivity index (χ1v) is 8.86. The Morgan fingerprint density at radius 2 is 2.08 bits per heavy atom. The van der Waals surface area contributed by atoms with E-state index in [-0.39, 0.29) is 11.9 Å². The summed E-state index contributed by atoms with van der Waals surface area (Å²) in [5.74, 6) is 0.116. The molecule has 3 aromatic rings. The average Bonchev–Trinajstić information content (AvgIpc) is 2.93. The maximum absolute atomic E-state index is 11.9. The van der Waals surface area contributed by atoms with E-state index < -0.39 is 0 Å². The van der Waals surface area contributed by atoms with Gasteiger partial charge in [0.15, 0.2) is 0 Å². The number of amides is 1. The van der Waals surface area contributed by atoms with E-state index in [9.17, 15) is 4.79 Å². The fraction of sp³-hybridized carbons (Fsp3) is 0.333. The zero-order chi connectivity index (χ0) is 17.8. The number of benzene rings is 1. The van der Waals surface area contributed by atoms with Crippen molar-refractivity contribution in [2.24, 2.45) is 0 Å². The minimum absolute atomic E-state index is 0.116. The second kappa shape index (κ2) is 7.51. The predicted molar refractivity (Wildman–Crippen MR) is 102 cm³/mol. The summed E-state index contributed by atoms with van der Waals surface area (Å²) < 4.78 is 0. The van der Waals surface area contributed by atoms with Crippen molar-refractivity contribution in [2.45, 2.75) is 46.1 Å². The van der Waals surface area contributed by atoms with Crippen LogP contribution < -0.4 is 5.32 Å². The number of nitrogens with one attached hydrogen (secondary N) is 2. The van der Waals surface area contributed by atoms with Crippen LogP contribution in [0.1, 0.15) is 37.8 Å². The van der Waals surface area contributed by atoms with Gasteiger partial charge in [0.05, 0.1) is 11.4 Å². The lowest BCUT2D eigenvalue weighted by Crippen LogP contribution is -2.29. The number of hydrogen-bond acceptors (Lipinski definition) is 2.